The fourth-order valence-electron chi connectivity index (χ4n) is 13.1. The van der Waals surface area contributed by atoms with Gasteiger partial charge in [0.2, 0.25) is 0 Å². The molecule has 0 atom stereocenters. The first kappa shape index (κ1) is 45.1. The first-order chi connectivity index (χ1) is 35.0. The Kier molecular flexibility index (Phi) is 9.58. The largest absolute Gasteiger partial charge is 0.458 e. The molecule has 0 unspecified atom stereocenters. The minimum Gasteiger partial charge on any atom is -0.458 e. The Morgan fingerprint density at radius 1 is 0.397 bits per heavy atom. The Morgan fingerprint density at radius 2 is 0.932 bits per heavy atom. The molecular weight excluding hydrogens is 929 g/mol. The molecule has 0 spiro atoms. The van der Waals surface area contributed by atoms with E-state index in [1.54, 1.807) is 23.9 Å². The van der Waals surface area contributed by atoms with Crippen molar-refractivity contribution in [3.63, 3.8) is 0 Å². The van der Waals surface area contributed by atoms with Gasteiger partial charge < -0.3 is 19.7 Å². The predicted octanol–water partition coefficient (Wildman–Crippen LogP) is 10.6. The minimum atomic E-state index is -0.109. The molecule has 11 heteroatoms. The summed E-state index contributed by atoms with van der Waals surface area (Å²) in [6, 6.07) is 47.1. The SMILES string of the molecule is CSN1c2cc3c(cc2B2c4cc(C(C)(C)C)ccc4Oc4cc(C)cc1c42)B1c2cc4c(cc2N(SC)c2cc(C)cc(c21)O3)N(c1ccc(C(C)(C)C)cc1)c1cc(C)cc2c1B4c1cc(C)ccc1N2. The third-order valence-corrected chi connectivity index (χ3v) is 17.9. The summed E-state index contributed by atoms with van der Waals surface area (Å²) < 4.78 is 19.1. The molecule has 0 aliphatic carbocycles. The van der Waals surface area contributed by atoms with Crippen molar-refractivity contribution in [1.82, 2.24) is 0 Å². The molecule has 0 bridgehead atoms. The van der Waals surface area contributed by atoms with Crippen LogP contribution in [0, 0.1) is 27.7 Å². The number of rotatable bonds is 3. The number of anilines is 9. The standard InChI is InChI=1S/C62H57B3N4O2S2/c1-33-13-19-46-40(21-33)63-41-29-42-49(31-48(41)67(39-17-14-37(15-18-39)61(5,6)7)51-23-34(2)22-47(66-46)58(51)63)68(72-11)52-24-36(4)27-57-60(52)65(42)45-30-43-50(32-55(45)71-57)69(73-12)53-25-35(3)26-56-59(53)64(43)44-28-38(62(8,9)10)16-20-54(44)70-56/h13-32,66H,1-12H3. The zero-order chi connectivity index (χ0) is 50.3. The average molecular weight is 987 g/mol. The van der Waals surface area contributed by atoms with Crippen LogP contribution < -0.4 is 77.5 Å². The Bertz CT molecular complexity index is 3770. The van der Waals surface area contributed by atoms with Gasteiger partial charge in [-0.2, -0.15) is 0 Å². The van der Waals surface area contributed by atoms with Gasteiger partial charge in [0.1, 0.15) is 23.0 Å². The van der Waals surface area contributed by atoms with Crippen molar-refractivity contribution in [2.45, 2.75) is 80.1 Å². The summed E-state index contributed by atoms with van der Waals surface area (Å²) in [5.41, 5.74) is 29.5. The van der Waals surface area contributed by atoms with Crippen LogP contribution in [0.2, 0.25) is 0 Å². The van der Waals surface area contributed by atoms with Crippen LogP contribution in [0.4, 0.5) is 51.2 Å². The molecule has 0 radical (unpaired) electrons. The molecule has 1 N–H and O–H groups in total. The number of benzene rings is 8. The minimum absolute atomic E-state index is 0.000811. The molecule has 0 saturated heterocycles. The van der Waals surface area contributed by atoms with Gasteiger partial charge in [-0.25, -0.2) is 0 Å². The van der Waals surface area contributed by atoms with Gasteiger partial charge in [-0.15, -0.1) is 0 Å². The van der Waals surface area contributed by atoms with Gasteiger partial charge in [-0.1, -0.05) is 95.6 Å². The second-order valence-corrected chi connectivity index (χ2v) is 24.8. The Morgan fingerprint density at radius 3 is 1.56 bits per heavy atom. The maximum Gasteiger partial charge on any atom is 0.256 e. The Balaban J connectivity index is 1.05. The van der Waals surface area contributed by atoms with Gasteiger partial charge in [0, 0.05) is 52.7 Å². The van der Waals surface area contributed by atoms with Crippen molar-refractivity contribution in [3.8, 4) is 23.0 Å². The third kappa shape index (κ3) is 6.49. The molecule has 0 saturated carbocycles. The zero-order valence-electron chi connectivity index (χ0n) is 43.8. The van der Waals surface area contributed by atoms with Crippen LogP contribution in [0.1, 0.15) is 74.9 Å². The summed E-state index contributed by atoms with van der Waals surface area (Å²) in [6.45, 7) is 22.5. The van der Waals surface area contributed by atoms with E-state index in [0.717, 1.165) is 34.4 Å². The Hall–Kier alpha value is -6.55. The molecule has 6 aliphatic rings. The van der Waals surface area contributed by atoms with Crippen LogP contribution in [0.15, 0.2) is 121 Å². The second kappa shape index (κ2) is 15.5. The number of fused-ring (bicyclic) bond motifs is 12. The van der Waals surface area contributed by atoms with E-state index in [1.807, 2.05) is 0 Å². The molecule has 14 rings (SSSR count). The lowest BCUT2D eigenvalue weighted by Gasteiger charge is -2.44. The summed E-state index contributed by atoms with van der Waals surface area (Å²) >= 11 is 3.51. The van der Waals surface area contributed by atoms with Crippen molar-refractivity contribution >= 4 is 144 Å². The number of nitrogens with zero attached hydrogens (tertiary/aromatic N) is 3. The highest BCUT2D eigenvalue weighted by atomic mass is 32.2. The fourth-order valence-corrected chi connectivity index (χ4v) is 14.5. The molecule has 73 heavy (non-hydrogen) atoms. The van der Waals surface area contributed by atoms with Gasteiger partial charge in [0.05, 0.1) is 17.1 Å². The van der Waals surface area contributed by atoms with Crippen molar-refractivity contribution in [1.29, 1.82) is 0 Å². The highest BCUT2D eigenvalue weighted by Crippen LogP contribution is 2.47. The topological polar surface area (TPSA) is 40.2 Å². The molecule has 0 fully saturated rings. The zero-order valence-corrected chi connectivity index (χ0v) is 45.4. The van der Waals surface area contributed by atoms with Gasteiger partial charge in [-0.05, 0) is 206 Å². The summed E-state index contributed by atoms with van der Waals surface area (Å²) in [5, 5.41) is 3.94. The molecule has 8 aromatic carbocycles. The lowest BCUT2D eigenvalue weighted by Crippen LogP contribution is -2.65. The van der Waals surface area contributed by atoms with E-state index >= 15 is 0 Å². The first-order valence-corrected chi connectivity index (χ1v) is 28.1. The van der Waals surface area contributed by atoms with Crippen molar-refractivity contribution in [2.24, 2.45) is 0 Å². The van der Waals surface area contributed by atoms with E-state index in [1.165, 1.54) is 122 Å². The lowest BCUT2D eigenvalue weighted by molar-refractivity contribution is 0.486. The maximum absolute atomic E-state index is 7.32. The van der Waals surface area contributed by atoms with Crippen LogP contribution in [0.5, 0.6) is 23.0 Å². The summed E-state index contributed by atoms with van der Waals surface area (Å²) in [5.74, 6) is 3.70. The van der Waals surface area contributed by atoms with E-state index in [2.05, 4.69) is 222 Å². The molecule has 8 aromatic rings. The van der Waals surface area contributed by atoms with E-state index in [0.29, 0.717) is 0 Å². The molecule has 6 nitrogen and oxygen atoms in total. The van der Waals surface area contributed by atoms with Crippen LogP contribution in [0.25, 0.3) is 0 Å². The van der Waals surface area contributed by atoms with Crippen molar-refractivity contribution in [2.75, 3.05) is 31.3 Å². The third-order valence-electron chi connectivity index (χ3n) is 16.4. The maximum atomic E-state index is 7.32. The monoisotopic (exact) mass is 986 g/mol. The van der Waals surface area contributed by atoms with Gasteiger partial charge in [-0.3, -0.25) is 8.61 Å². The molecule has 0 aromatic heterocycles. The quantitative estimate of drug-likeness (QED) is 0.139. The van der Waals surface area contributed by atoms with Crippen LogP contribution in [-0.4, -0.2) is 32.6 Å². The van der Waals surface area contributed by atoms with Crippen LogP contribution >= 0.6 is 23.9 Å². The average Bonchev–Trinajstić information content (AvgIpc) is 3.34. The molecule has 358 valence electrons. The lowest BCUT2D eigenvalue weighted by atomic mass is 9.29. The van der Waals surface area contributed by atoms with Crippen molar-refractivity contribution in [3.05, 3.63) is 155 Å². The summed E-state index contributed by atoms with van der Waals surface area (Å²) in [4.78, 5) is 2.55. The molecule has 0 amide bonds. The van der Waals surface area contributed by atoms with E-state index in [9.17, 15) is 0 Å². The normalized spacial score (nSPS) is 14.8. The van der Waals surface area contributed by atoms with E-state index in [4.69, 9.17) is 9.47 Å². The van der Waals surface area contributed by atoms with E-state index in [-0.39, 0.29) is 31.0 Å². The van der Waals surface area contributed by atoms with Crippen LogP contribution in [-0.2, 0) is 10.8 Å². The summed E-state index contributed by atoms with van der Waals surface area (Å²) in [6.07, 6.45) is 4.40. The number of nitrogens with one attached hydrogen (secondary N) is 1. The molecular formula is C62H57B3N4O2S2. The number of hydrogen-bond acceptors (Lipinski definition) is 8. The Labute approximate surface area is 440 Å². The molecule has 6 aliphatic heterocycles. The number of ether oxygens (including phenoxy) is 2. The second-order valence-electron chi connectivity index (χ2n) is 23.4. The smallest absolute Gasteiger partial charge is 0.256 e. The van der Waals surface area contributed by atoms with Gasteiger partial charge in [0.15, 0.2) is 0 Å². The number of hydrogen-bond donors (Lipinski definition) is 1. The molecule has 6 heterocycles. The number of aryl methyl sites for hydroxylation is 4. The highest BCUT2D eigenvalue weighted by Gasteiger charge is 2.49. The van der Waals surface area contributed by atoms with Gasteiger partial charge >= 0.3 is 0 Å². The summed E-state index contributed by atoms with van der Waals surface area (Å²) in [7, 11) is 0. The highest BCUT2D eigenvalue weighted by molar-refractivity contribution is 8.00. The van der Waals surface area contributed by atoms with Crippen LogP contribution in [0.3, 0.4) is 0 Å². The van der Waals surface area contributed by atoms with Gasteiger partial charge in [0.25, 0.3) is 20.1 Å². The van der Waals surface area contributed by atoms with E-state index < -0.39 is 0 Å². The fraction of sp³-hybridized carbons (Fsp3) is 0.226. The first-order valence-electron chi connectivity index (χ1n) is 25.7. The predicted molar refractivity (Wildman–Crippen MR) is 318 cm³/mol. The van der Waals surface area contributed by atoms with Crippen molar-refractivity contribution < 1.29 is 9.47 Å².